The lowest BCUT2D eigenvalue weighted by molar-refractivity contribution is -0.145. The molecule has 0 saturated heterocycles. The van der Waals surface area contributed by atoms with Crippen molar-refractivity contribution in [2.75, 3.05) is 0 Å². The van der Waals surface area contributed by atoms with Gasteiger partial charge in [-0.2, -0.15) is 4.98 Å². The molecule has 6 nitrogen and oxygen atoms in total. The number of aryl methyl sites for hydroxylation is 2. The molecule has 0 saturated carbocycles. The van der Waals surface area contributed by atoms with Gasteiger partial charge >= 0.3 is 5.97 Å². The number of ether oxygens (including phenoxy) is 1. The third-order valence-electron chi connectivity index (χ3n) is 4.76. The number of aromatic amines is 1. The normalized spacial score (nSPS) is 11.1. The number of hydrogen-bond acceptors (Lipinski definition) is 5. The molecule has 0 unspecified atom stereocenters. The summed E-state index contributed by atoms with van der Waals surface area (Å²) >= 11 is 0. The smallest absolute Gasteiger partial charge is 0.306 e. The highest BCUT2D eigenvalue weighted by Crippen LogP contribution is 2.20. The summed E-state index contributed by atoms with van der Waals surface area (Å²) in [6, 6.07) is 12.8. The summed E-state index contributed by atoms with van der Waals surface area (Å²) in [4.78, 5) is 19.4. The Hall–Kier alpha value is -3.48. The van der Waals surface area contributed by atoms with Crippen LogP contribution in [0.2, 0.25) is 0 Å². The Balaban J connectivity index is 1.26. The maximum absolute atomic E-state index is 13.7. The van der Waals surface area contributed by atoms with E-state index >= 15 is 0 Å². The SMILES string of the molecule is Cc1ccc(-c2noc(COC(=O)CCCc3c[nH]c4ccccc34)n2)cc1F. The lowest BCUT2D eigenvalue weighted by Gasteiger charge is -2.02. The number of benzene rings is 2. The quantitative estimate of drug-likeness (QED) is 0.459. The van der Waals surface area contributed by atoms with Gasteiger partial charge in [-0.05, 0) is 43.0 Å². The molecule has 0 aliphatic rings. The van der Waals surface area contributed by atoms with Crippen LogP contribution in [0.5, 0.6) is 0 Å². The van der Waals surface area contributed by atoms with Gasteiger partial charge in [0.05, 0.1) is 0 Å². The van der Waals surface area contributed by atoms with Gasteiger partial charge in [-0.25, -0.2) is 4.39 Å². The lowest BCUT2D eigenvalue weighted by atomic mass is 10.1. The number of carbonyl (C=O) groups excluding carboxylic acids is 1. The fourth-order valence-corrected chi connectivity index (χ4v) is 3.14. The average molecular weight is 393 g/mol. The first-order valence-corrected chi connectivity index (χ1v) is 9.40. The van der Waals surface area contributed by atoms with Crippen LogP contribution >= 0.6 is 0 Å². The van der Waals surface area contributed by atoms with Gasteiger partial charge in [0.15, 0.2) is 6.61 Å². The van der Waals surface area contributed by atoms with E-state index in [2.05, 4.69) is 21.2 Å². The topological polar surface area (TPSA) is 81.0 Å². The Morgan fingerprint density at radius 2 is 2.10 bits per heavy atom. The van der Waals surface area contributed by atoms with Crippen molar-refractivity contribution in [3.05, 3.63) is 71.5 Å². The van der Waals surface area contributed by atoms with E-state index in [1.165, 1.54) is 17.0 Å². The Bertz CT molecular complexity index is 1150. The van der Waals surface area contributed by atoms with E-state index in [-0.39, 0.29) is 30.1 Å². The van der Waals surface area contributed by atoms with Gasteiger partial charge in [-0.15, -0.1) is 0 Å². The Morgan fingerprint density at radius 3 is 2.97 bits per heavy atom. The number of para-hydroxylation sites is 1. The minimum Gasteiger partial charge on any atom is -0.456 e. The third kappa shape index (κ3) is 4.34. The molecular weight excluding hydrogens is 373 g/mol. The van der Waals surface area contributed by atoms with E-state index in [1.54, 1.807) is 19.1 Å². The number of halogens is 1. The molecule has 2 aromatic carbocycles. The highest BCUT2D eigenvalue weighted by molar-refractivity contribution is 5.83. The van der Waals surface area contributed by atoms with Crippen LogP contribution in [0.25, 0.3) is 22.3 Å². The molecule has 29 heavy (non-hydrogen) atoms. The molecule has 4 rings (SSSR count). The highest BCUT2D eigenvalue weighted by atomic mass is 19.1. The number of H-pyrrole nitrogens is 1. The summed E-state index contributed by atoms with van der Waals surface area (Å²) in [6.07, 6.45) is 3.73. The van der Waals surface area contributed by atoms with Crippen LogP contribution in [0.4, 0.5) is 4.39 Å². The number of rotatable bonds is 7. The Labute approximate surface area is 166 Å². The van der Waals surface area contributed by atoms with Crippen molar-refractivity contribution in [3.63, 3.8) is 0 Å². The summed E-state index contributed by atoms with van der Waals surface area (Å²) in [5, 5.41) is 4.99. The first-order valence-electron chi connectivity index (χ1n) is 9.40. The van der Waals surface area contributed by atoms with Crippen LogP contribution in [-0.2, 0) is 22.6 Å². The number of nitrogens with one attached hydrogen (secondary N) is 1. The predicted octanol–water partition coefficient (Wildman–Crippen LogP) is 4.73. The van der Waals surface area contributed by atoms with Crippen LogP contribution in [0.15, 0.2) is 53.2 Å². The molecule has 1 N–H and O–H groups in total. The zero-order chi connectivity index (χ0) is 20.2. The first-order chi connectivity index (χ1) is 14.1. The van der Waals surface area contributed by atoms with Gasteiger partial charge in [0, 0.05) is 29.1 Å². The minimum absolute atomic E-state index is 0.104. The zero-order valence-electron chi connectivity index (χ0n) is 15.9. The molecule has 0 atom stereocenters. The van der Waals surface area contributed by atoms with Crippen LogP contribution in [0.3, 0.4) is 0 Å². The maximum Gasteiger partial charge on any atom is 0.306 e. The summed E-state index contributed by atoms with van der Waals surface area (Å²) in [5.41, 5.74) is 3.32. The van der Waals surface area contributed by atoms with E-state index in [9.17, 15) is 9.18 Å². The van der Waals surface area contributed by atoms with Crippen LogP contribution < -0.4 is 0 Å². The fraction of sp³-hybridized carbons (Fsp3) is 0.227. The number of esters is 1. The molecule has 0 aliphatic heterocycles. The monoisotopic (exact) mass is 393 g/mol. The zero-order valence-corrected chi connectivity index (χ0v) is 15.9. The molecule has 148 valence electrons. The molecule has 0 aliphatic carbocycles. The van der Waals surface area contributed by atoms with E-state index < -0.39 is 0 Å². The van der Waals surface area contributed by atoms with Crippen LogP contribution in [0.1, 0.15) is 29.9 Å². The van der Waals surface area contributed by atoms with Crippen molar-refractivity contribution < 1.29 is 18.4 Å². The summed E-state index contributed by atoms with van der Waals surface area (Å²) in [7, 11) is 0. The van der Waals surface area contributed by atoms with Crippen molar-refractivity contribution in [2.45, 2.75) is 32.8 Å². The standard InChI is InChI=1S/C22H20FN3O3/c1-14-9-10-15(11-18(14)23)22-25-20(29-26-22)13-28-21(27)8-4-5-16-12-24-19-7-3-2-6-17(16)19/h2-3,6-7,9-12,24H,4-5,8,13H2,1H3. The summed E-state index contributed by atoms with van der Waals surface area (Å²) < 4.78 is 24.0. The molecule has 0 amide bonds. The number of nitrogens with zero attached hydrogens (tertiary/aromatic N) is 2. The summed E-state index contributed by atoms with van der Waals surface area (Å²) in [5.74, 6) is -0.235. The Kier molecular flexibility index (Phi) is 5.37. The van der Waals surface area contributed by atoms with E-state index in [0.29, 0.717) is 24.0 Å². The van der Waals surface area contributed by atoms with Crippen molar-refractivity contribution in [1.29, 1.82) is 0 Å². The van der Waals surface area contributed by atoms with Gasteiger partial charge in [-0.1, -0.05) is 35.5 Å². The van der Waals surface area contributed by atoms with Gasteiger partial charge < -0.3 is 14.2 Å². The van der Waals surface area contributed by atoms with E-state index in [0.717, 1.165) is 11.9 Å². The van der Waals surface area contributed by atoms with E-state index in [1.807, 2.05) is 24.4 Å². The van der Waals surface area contributed by atoms with Crippen molar-refractivity contribution in [1.82, 2.24) is 15.1 Å². The van der Waals surface area contributed by atoms with Gasteiger partial charge in [-0.3, -0.25) is 4.79 Å². The largest absolute Gasteiger partial charge is 0.456 e. The minimum atomic E-state index is -0.338. The molecule has 2 aromatic heterocycles. The second-order valence-corrected chi connectivity index (χ2v) is 6.85. The van der Waals surface area contributed by atoms with Crippen molar-refractivity contribution in [3.8, 4) is 11.4 Å². The molecule has 0 radical (unpaired) electrons. The number of fused-ring (bicyclic) bond motifs is 1. The molecule has 0 spiro atoms. The van der Waals surface area contributed by atoms with Gasteiger partial charge in [0.25, 0.3) is 5.89 Å². The van der Waals surface area contributed by atoms with Crippen LogP contribution in [0, 0.1) is 12.7 Å². The third-order valence-corrected chi connectivity index (χ3v) is 4.76. The molecule has 0 bridgehead atoms. The molecule has 2 heterocycles. The molecular formula is C22H20FN3O3. The maximum atomic E-state index is 13.7. The second-order valence-electron chi connectivity index (χ2n) is 6.85. The average Bonchev–Trinajstić information content (AvgIpc) is 3.36. The molecule has 0 fully saturated rings. The second kappa shape index (κ2) is 8.26. The fourth-order valence-electron chi connectivity index (χ4n) is 3.14. The molecule has 7 heteroatoms. The van der Waals surface area contributed by atoms with Crippen molar-refractivity contribution >= 4 is 16.9 Å². The number of carbonyl (C=O) groups is 1. The van der Waals surface area contributed by atoms with Gasteiger partial charge in [0.1, 0.15) is 5.82 Å². The number of aromatic nitrogens is 3. The summed E-state index contributed by atoms with van der Waals surface area (Å²) in [6.45, 7) is 1.58. The molecule has 4 aromatic rings. The first kappa shape index (κ1) is 18.9. The van der Waals surface area contributed by atoms with Crippen LogP contribution in [-0.4, -0.2) is 21.1 Å². The van der Waals surface area contributed by atoms with Crippen molar-refractivity contribution in [2.24, 2.45) is 0 Å². The highest BCUT2D eigenvalue weighted by Gasteiger charge is 2.13. The number of hydrogen-bond donors (Lipinski definition) is 1. The van der Waals surface area contributed by atoms with E-state index in [4.69, 9.17) is 9.26 Å². The predicted molar refractivity (Wildman–Crippen MR) is 105 cm³/mol. The lowest BCUT2D eigenvalue weighted by Crippen LogP contribution is -2.05. The Morgan fingerprint density at radius 1 is 1.24 bits per heavy atom. The van der Waals surface area contributed by atoms with Gasteiger partial charge in [0.2, 0.25) is 5.82 Å².